The molecule has 0 saturated carbocycles. The monoisotopic (exact) mass is 414 g/mol. The molecule has 0 fully saturated rings. The number of rotatable bonds is 2. The summed E-state index contributed by atoms with van der Waals surface area (Å²) in [4.78, 5) is 0.224. The molecule has 0 unspecified atom stereocenters. The minimum atomic E-state index is -4.56. The molecule has 4 aromatic rings. The van der Waals surface area contributed by atoms with Crippen LogP contribution in [0.4, 0.5) is 26.3 Å². The second kappa shape index (κ2) is 6.30. The Morgan fingerprint density at radius 1 is 0.786 bits per heavy atom. The third-order valence-corrected chi connectivity index (χ3v) is 4.86. The van der Waals surface area contributed by atoms with Crippen molar-refractivity contribution < 1.29 is 26.3 Å². The maximum Gasteiger partial charge on any atom is 0.417 e. The van der Waals surface area contributed by atoms with E-state index < -0.39 is 23.5 Å². The number of hydrogen-bond donors (Lipinski definition) is 0. The van der Waals surface area contributed by atoms with Gasteiger partial charge in [-0.3, -0.25) is 0 Å². The molecule has 28 heavy (non-hydrogen) atoms. The summed E-state index contributed by atoms with van der Waals surface area (Å²) in [6.07, 6.45) is -9.04. The first-order chi connectivity index (χ1) is 13.1. The number of nitrogens with zero attached hydrogens (tertiary/aromatic N) is 4. The third-order valence-electron chi connectivity index (χ3n) is 3.92. The molecule has 0 aliphatic heterocycles. The molecule has 4 rings (SSSR count). The van der Waals surface area contributed by atoms with Gasteiger partial charge in [0.15, 0.2) is 5.82 Å². The Morgan fingerprint density at radius 2 is 1.46 bits per heavy atom. The van der Waals surface area contributed by atoms with E-state index in [4.69, 9.17) is 0 Å². The lowest BCUT2D eigenvalue weighted by molar-refractivity contribution is -0.138. The standard InChI is InChI=1S/C17H8F6N4S/c18-16(19,20)10-7-5-9(6-8-10)13-24-25-15-27(13)26-14(28-15)11-3-1-2-4-12(11)17(21,22)23/h1-8H. The van der Waals surface area contributed by atoms with E-state index in [1.807, 2.05) is 0 Å². The Labute approximate surface area is 157 Å². The van der Waals surface area contributed by atoms with Crippen LogP contribution < -0.4 is 0 Å². The molecule has 0 bridgehead atoms. The summed E-state index contributed by atoms with van der Waals surface area (Å²) in [5, 5.41) is 12.0. The maximum atomic E-state index is 13.2. The second-order valence-electron chi connectivity index (χ2n) is 5.74. The summed E-state index contributed by atoms with van der Waals surface area (Å²) in [5.41, 5.74) is -1.46. The summed E-state index contributed by atoms with van der Waals surface area (Å²) in [6, 6.07) is 9.19. The van der Waals surface area contributed by atoms with E-state index in [1.165, 1.54) is 34.8 Å². The Balaban J connectivity index is 1.79. The molecule has 4 nitrogen and oxygen atoms in total. The van der Waals surface area contributed by atoms with Crippen LogP contribution in [0.3, 0.4) is 0 Å². The Hall–Kier alpha value is -2.95. The van der Waals surface area contributed by atoms with E-state index in [-0.39, 0.29) is 21.4 Å². The van der Waals surface area contributed by atoms with Crippen molar-refractivity contribution in [2.75, 3.05) is 0 Å². The molecule has 0 atom stereocenters. The van der Waals surface area contributed by atoms with E-state index in [1.54, 1.807) is 0 Å². The van der Waals surface area contributed by atoms with Gasteiger partial charge in [0.1, 0.15) is 5.01 Å². The molecule has 0 radical (unpaired) electrons. The van der Waals surface area contributed by atoms with Gasteiger partial charge in [-0.2, -0.15) is 36.0 Å². The summed E-state index contributed by atoms with van der Waals surface area (Å²) in [6.45, 7) is 0. The highest BCUT2D eigenvalue weighted by Gasteiger charge is 2.34. The summed E-state index contributed by atoms with van der Waals surface area (Å²) in [5.74, 6) is 0.135. The van der Waals surface area contributed by atoms with Gasteiger partial charge in [0.25, 0.3) is 0 Å². The van der Waals surface area contributed by atoms with Crippen LogP contribution in [0.25, 0.3) is 26.9 Å². The molecule has 0 spiro atoms. The SMILES string of the molecule is FC(F)(F)c1ccc(-c2nnc3sc(-c4ccccc4C(F)(F)F)nn23)cc1. The van der Waals surface area contributed by atoms with E-state index in [9.17, 15) is 26.3 Å². The highest BCUT2D eigenvalue weighted by molar-refractivity contribution is 7.19. The zero-order valence-corrected chi connectivity index (χ0v) is 14.4. The van der Waals surface area contributed by atoms with Gasteiger partial charge in [-0.1, -0.05) is 41.7 Å². The van der Waals surface area contributed by atoms with Gasteiger partial charge in [0.05, 0.1) is 11.1 Å². The minimum Gasteiger partial charge on any atom is -0.182 e. The summed E-state index contributed by atoms with van der Waals surface area (Å²) >= 11 is 0.902. The van der Waals surface area contributed by atoms with Crippen LogP contribution in [0.15, 0.2) is 48.5 Å². The molecule has 11 heteroatoms. The first-order valence-corrected chi connectivity index (χ1v) is 8.53. The number of alkyl halides is 6. The fourth-order valence-corrected chi connectivity index (χ4v) is 3.51. The van der Waals surface area contributed by atoms with Crippen LogP contribution in [0, 0.1) is 0 Å². The van der Waals surface area contributed by atoms with Crippen molar-refractivity contribution >= 4 is 16.3 Å². The van der Waals surface area contributed by atoms with Crippen LogP contribution in [-0.2, 0) is 12.4 Å². The van der Waals surface area contributed by atoms with Gasteiger partial charge in [0, 0.05) is 11.1 Å². The predicted molar refractivity (Wildman–Crippen MR) is 89.5 cm³/mol. The molecule has 0 amide bonds. The van der Waals surface area contributed by atoms with E-state index in [0.29, 0.717) is 5.56 Å². The number of benzene rings is 2. The van der Waals surface area contributed by atoms with Crippen LogP contribution in [-0.4, -0.2) is 19.8 Å². The summed E-state index contributed by atoms with van der Waals surface area (Å²) < 4.78 is 79.1. The topological polar surface area (TPSA) is 43.1 Å². The lowest BCUT2D eigenvalue weighted by Crippen LogP contribution is -2.07. The fraction of sp³-hybridized carbons (Fsp3) is 0.118. The van der Waals surface area contributed by atoms with Crippen LogP contribution >= 0.6 is 11.3 Å². The van der Waals surface area contributed by atoms with Crippen LogP contribution in [0.2, 0.25) is 0 Å². The van der Waals surface area contributed by atoms with Crippen molar-refractivity contribution in [2.24, 2.45) is 0 Å². The molecule has 2 aromatic carbocycles. The van der Waals surface area contributed by atoms with Crippen molar-refractivity contribution in [3.05, 3.63) is 59.7 Å². The zero-order chi connectivity index (χ0) is 20.1. The quantitative estimate of drug-likeness (QED) is 0.404. The van der Waals surface area contributed by atoms with Gasteiger partial charge < -0.3 is 0 Å². The number of aromatic nitrogens is 4. The highest BCUT2D eigenvalue weighted by Crippen LogP contribution is 2.38. The lowest BCUT2D eigenvalue weighted by atomic mass is 10.1. The Kier molecular flexibility index (Phi) is 4.14. The van der Waals surface area contributed by atoms with Crippen molar-refractivity contribution in [3.8, 4) is 22.0 Å². The third kappa shape index (κ3) is 3.21. The van der Waals surface area contributed by atoms with Crippen molar-refractivity contribution in [1.82, 2.24) is 19.8 Å². The van der Waals surface area contributed by atoms with Crippen molar-refractivity contribution in [1.29, 1.82) is 0 Å². The first kappa shape index (κ1) is 18.4. The highest BCUT2D eigenvalue weighted by atomic mass is 32.1. The zero-order valence-electron chi connectivity index (χ0n) is 13.6. The van der Waals surface area contributed by atoms with Crippen LogP contribution in [0.1, 0.15) is 11.1 Å². The molecule has 144 valence electrons. The van der Waals surface area contributed by atoms with Gasteiger partial charge >= 0.3 is 12.4 Å². The minimum absolute atomic E-state index is 0.0750. The van der Waals surface area contributed by atoms with E-state index in [0.717, 1.165) is 29.5 Å². The van der Waals surface area contributed by atoms with Gasteiger partial charge in [-0.25, -0.2) is 0 Å². The first-order valence-electron chi connectivity index (χ1n) is 7.71. The smallest absolute Gasteiger partial charge is 0.182 e. The lowest BCUT2D eigenvalue weighted by Gasteiger charge is -2.10. The number of hydrogen-bond acceptors (Lipinski definition) is 4. The van der Waals surface area contributed by atoms with Crippen LogP contribution in [0.5, 0.6) is 0 Å². The molecule has 0 aliphatic carbocycles. The average Bonchev–Trinajstić information content (AvgIpc) is 3.21. The predicted octanol–water partition coefficient (Wildman–Crippen LogP) is 5.56. The fourth-order valence-electron chi connectivity index (χ4n) is 2.63. The largest absolute Gasteiger partial charge is 0.417 e. The van der Waals surface area contributed by atoms with E-state index >= 15 is 0 Å². The molecule has 2 heterocycles. The molecule has 0 saturated heterocycles. The van der Waals surface area contributed by atoms with Gasteiger partial charge in [-0.05, 0) is 18.2 Å². The number of halogens is 6. The molecule has 0 N–H and O–H groups in total. The van der Waals surface area contributed by atoms with Crippen molar-refractivity contribution in [2.45, 2.75) is 12.4 Å². The second-order valence-corrected chi connectivity index (χ2v) is 6.70. The van der Waals surface area contributed by atoms with Crippen molar-refractivity contribution in [3.63, 3.8) is 0 Å². The molecule has 0 aliphatic rings. The van der Waals surface area contributed by atoms with Gasteiger partial charge in [0.2, 0.25) is 4.96 Å². The average molecular weight is 414 g/mol. The molecular formula is C17H8F6N4S. The Morgan fingerprint density at radius 3 is 2.11 bits per heavy atom. The Bertz CT molecular complexity index is 1140. The number of fused-ring (bicyclic) bond motifs is 1. The maximum absolute atomic E-state index is 13.2. The summed E-state index contributed by atoms with van der Waals surface area (Å²) in [7, 11) is 0. The van der Waals surface area contributed by atoms with Gasteiger partial charge in [-0.15, -0.1) is 10.2 Å². The molecule has 2 aromatic heterocycles. The normalized spacial score (nSPS) is 12.6. The van der Waals surface area contributed by atoms with E-state index in [2.05, 4.69) is 15.3 Å². The molecular weight excluding hydrogens is 406 g/mol.